The summed E-state index contributed by atoms with van der Waals surface area (Å²) in [6.07, 6.45) is 2.25. The Balaban J connectivity index is 2.25. The van der Waals surface area contributed by atoms with E-state index in [0.29, 0.717) is 12.1 Å². The number of hydrogen-bond acceptors (Lipinski definition) is 1. The average Bonchev–Trinajstić information content (AvgIpc) is 2.58. The van der Waals surface area contributed by atoms with Gasteiger partial charge in [0.05, 0.1) is 0 Å². The number of benzene rings is 1. The number of amides is 1. The van der Waals surface area contributed by atoms with Crippen LogP contribution >= 0.6 is 0 Å². The summed E-state index contributed by atoms with van der Waals surface area (Å²) in [7, 11) is 0. The smallest absolute Gasteiger partial charge is 0.254 e. The van der Waals surface area contributed by atoms with Gasteiger partial charge < -0.3 is 4.90 Å². The fraction of sp³-hybridized carbons (Fsp3) is 0.500. The van der Waals surface area contributed by atoms with Gasteiger partial charge in [-0.3, -0.25) is 4.79 Å². The molecule has 0 bridgehead atoms. The largest absolute Gasteiger partial charge is 0.333 e. The van der Waals surface area contributed by atoms with E-state index >= 15 is 0 Å². The first kappa shape index (κ1) is 11.2. The van der Waals surface area contributed by atoms with Crippen LogP contribution in [0, 0.1) is 6.92 Å². The minimum Gasteiger partial charge on any atom is -0.333 e. The maximum atomic E-state index is 12.3. The molecule has 2 heteroatoms. The zero-order chi connectivity index (χ0) is 11.7. The van der Waals surface area contributed by atoms with Gasteiger partial charge in [-0.15, -0.1) is 0 Å². The van der Waals surface area contributed by atoms with E-state index in [1.807, 2.05) is 36.1 Å². The Labute approximate surface area is 97.3 Å². The van der Waals surface area contributed by atoms with Crippen molar-refractivity contribution in [3.8, 4) is 0 Å². The van der Waals surface area contributed by atoms with Crippen molar-refractivity contribution in [3.63, 3.8) is 0 Å². The van der Waals surface area contributed by atoms with Crippen molar-refractivity contribution in [2.24, 2.45) is 0 Å². The van der Waals surface area contributed by atoms with Crippen LogP contribution in [0.2, 0.25) is 0 Å². The molecule has 16 heavy (non-hydrogen) atoms. The van der Waals surface area contributed by atoms with E-state index in [0.717, 1.165) is 24.0 Å². The predicted octanol–water partition coefficient (Wildman–Crippen LogP) is 3.01. The molecule has 1 aliphatic heterocycles. The summed E-state index contributed by atoms with van der Waals surface area (Å²) < 4.78 is 0. The van der Waals surface area contributed by atoms with Crippen molar-refractivity contribution in [1.29, 1.82) is 0 Å². The first-order valence-corrected chi connectivity index (χ1v) is 5.99. The van der Waals surface area contributed by atoms with Crippen LogP contribution in [-0.2, 0) is 0 Å². The molecule has 2 nitrogen and oxygen atoms in total. The Morgan fingerprint density at radius 3 is 2.44 bits per heavy atom. The molecule has 1 amide bonds. The third-order valence-corrected chi connectivity index (χ3v) is 3.45. The molecule has 86 valence electrons. The Hall–Kier alpha value is -1.31. The van der Waals surface area contributed by atoms with Crippen molar-refractivity contribution in [2.75, 3.05) is 0 Å². The van der Waals surface area contributed by atoms with E-state index in [1.54, 1.807) is 0 Å². The molecule has 1 aromatic carbocycles. The van der Waals surface area contributed by atoms with E-state index in [1.165, 1.54) is 0 Å². The van der Waals surface area contributed by atoms with Crippen LogP contribution in [0.4, 0.5) is 0 Å². The molecule has 0 radical (unpaired) electrons. The van der Waals surface area contributed by atoms with Crippen molar-refractivity contribution in [1.82, 2.24) is 4.90 Å². The average molecular weight is 217 g/mol. The summed E-state index contributed by atoms with van der Waals surface area (Å²) in [6, 6.07) is 8.61. The van der Waals surface area contributed by atoms with Gasteiger partial charge in [0.1, 0.15) is 0 Å². The molecule has 1 heterocycles. The number of carbonyl (C=O) groups is 1. The highest BCUT2D eigenvalue weighted by Gasteiger charge is 2.31. The second-order valence-corrected chi connectivity index (χ2v) is 4.86. The maximum Gasteiger partial charge on any atom is 0.254 e. The Morgan fingerprint density at radius 2 is 1.88 bits per heavy atom. The first-order chi connectivity index (χ1) is 7.59. The molecule has 0 saturated carbocycles. The minimum absolute atomic E-state index is 0.182. The molecular formula is C14H19NO. The third kappa shape index (κ3) is 1.97. The number of nitrogens with zero attached hydrogens (tertiary/aromatic N) is 1. The molecule has 1 fully saturated rings. The van der Waals surface area contributed by atoms with Gasteiger partial charge in [-0.2, -0.15) is 0 Å². The van der Waals surface area contributed by atoms with E-state index in [-0.39, 0.29) is 5.91 Å². The zero-order valence-electron chi connectivity index (χ0n) is 10.2. The summed E-state index contributed by atoms with van der Waals surface area (Å²) >= 11 is 0. The Kier molecular flexibility index (Phi) is 2.99. The van der Waals surface area contributed by atoms with E-state index in [4.69, 9.17) is 0 Å². The number of likely N-dealkylation sites (tertiary alicyclic amines) is 1. The van der Waals surface area contributed by atoms with Crippen LogP contribution in [0.1, 0.15) is 42.6 Å². The summed E-state index contributed by atoms with van der Waals surface area (Å²) in [5, 5.41) is 0. The molecule has 0 aromatic heterocycles. The van der Waals surface area contributed by atoms with Gasteiger partial charge in [0, 0.05) is 17.6 Å². The highest BCUT2D eigenvalue weighted by atomic mass is 16.2. The lowest BCUT2D eigenvalue weighted by molar-refractivity contribution is 0.0693. The Bertz CT molecular complexity index is 389. The fourth-order valence-electron chi connectivity index (χ4n) is 2.52. The van der Waals surface area contributed by atoms with E-state index < -0.39 is 0 Å². The summed E-state index contributed by atoms with van der Waals surface area (Å²) in [5.74, 6) is 0.182. The topological polar surface area (TPSA) is 20.3 Å². The standard InChI is InChI=1S/C14H19NO/c1-10-5-4-6-13(9-10)14(16)15-11(2)7-8-12(15)3/h4-6,9,11-12H,7-8H2,1-3H3. The zero-order valence-corrected chi connectivity index (χ0v) is 10.2. The van der Waals surface area contributed by atoms with Crippen molar-refractivity contribution >= 4 is 5.91 Å². The van der Waals surface area contributed by atoms with Gasteiger partial charge in [-0.25, -0.2) is 0 Å². The van der Waals surface area contributed by atoms with Crippen molar-refractivity contribution < 1.29 is 4.79 Å². The van der Waals surface area contributed by atoms with Crippen molar-refractivity contribution in [2.45, 2.75) is 45.7 Å². The molecule has 2 rings (SSSR count). The molecule has 0 N–H and O–H groups in total. The first-order valence-electron chi connectivity index (χ1n) is 5.99. The van der Waals surface area contributed by atoms with E-state index in [9.17, 15) is 4.79 Å². The van der Waals surface area contributed by atoms with Crippen LogP contribution < -0.4 is 0 Å². The summed E-state index contributed by atoms with van der Waals surface area (Å²) in [5.41, 5.74) is 1.96. The number of aryl methyl sites for hydroxylation is 1. The van der Waals surface area contributed by atoms with Crippen LogP contribution in [0.3, 0.4) is 0 Å². The second-order valence-electron chi connectivity index (χ2n) is 4.86. The van der Waals surface area contributed by atoms with Gasteiger partial charge in [0.2, 0.25) is 0 Å². The van der Waals surface area contributed by atoms with Crippen LogP contribution in [0.5, 0.6) is 0 Å². The molecule has 1 aliphatic rings. The molecule has 2 atom stereocenters. The predicted molar refractivity (Wildman–Crippen MR) is 65.5 cm³/mol. The van der Waals surface area contributed by atoms with Gasteiger partial charge in [-0.05, 0) is 45.7 Å². The highest BCUT2D eigenvalue weighted by Crippen LogP contribution is 2.25. The highest BCUT2D eigenvalue weighted by molar-refractivity contribution is 5.95. The summed E-state index contributed by atoms with van der Waals surface area (Å²) in [6.45, 7) is 6.29. The lowest BCUT2D eigenvalue weighted by Crippen LogP contribution is -2.38. The molecular weight excluding hydrogens is 198 g/mol. The molecule has 2 unspecified atom stereocenters. The van der Waals surface area contributed by atoms with Gasteiger partial charge in [0.25, 0.3) is 5.91 Å². The number of hydrogen-bond donors (Lipinski definition) is 0. The number of rotatable bonds is 1. The molecule has 1 aromatic rings. The lowest BCUT2D eigenvalue weighted by Gasteiger charge is -2.26. The van der Waals surface area contributed by atoms with Gasteiger partial charge >= 0.3 is 0 Å². The third-order valence-electron chi connectivity index (χ3n) is 3.45. The van der Waals surface area contributed by atoms with Crippen LogP contribution in [0.25, 0.3) is 0 Å². The van der Waals surface area contributed by atoms with Crippen LogP contribution in [0.15, 0.2) is 24.3 Å². The minimum atomic E-state index is 0.182. The normalized spacial score (nSPS) is 24.8. The van der Waals surface area contributed by atoms with Gasteiger partial charge in [-0.1, -0.05) is 17.7 Å². The monoisotopic (exact) mass is 217 g/mol. The molecule has 0 aliphatic carbocycles. The SMILES string of the molecule is Cc1cccc(C(=O)N2C(C)CCC2C)c1. The quantitative estimate of drug-likeness (QED) is 0.708. The number of carbonyl (C=O) groups excluding carboxylic acids is 1. The maximum absolute atomic E-state index is 12.3. The van der Waals surface area contributed by atoms with Crippen LogP contribution in [-0.4, -0.2) is 22.9 Å². The van der Waals surface area contributed by atoms with E-state index in [2.05, 4.69) is 13.8 Å². The van der Waals surface area contributed by atoms with Gasteiger partial charge in [0.15, 0.2) is 0 Å². The molecule has 0 spiro atoms. The van der Waals surface area contributed by atoms with Crippen molar-refractivity contribution in [3.05, 3.63) is 35.4 Å². The lowest BCUT2D eigenvalue weighted by atomic mass is 10.1. The summed E-state index contributed by atoms with van der Waals surface area (Å²) in [4.78, 5) is 14.4. The Morgan fingerprint density at radius 1 is 1.25 bits per heavy atom. The molecule has 1 saturated heterocycles. The fourth-order valence-corrected chi connectivity index (χ4v) is 2.52. The second kappa shape index (κ2) is 4.28.